The number of carbonyl (C=O) groups is 8. The number of nitrogens with two attached hydrogens (primary N) is 3. The van der Waals surface area contributed by atoms with Crippen molar-refractivity contribution in [2.24, 2.45) is 22.2 Å². The molecule has 0 fully saturated rings. The molecular formula is C45H62N14O8. The zero-order chi connectivity index (χ0) is 48.9. The number of rotatable bonds is 27. The molecule has 6 atom stereocenters. The van der Waals surface area contributed by atoms with Crippen molar-refractivity contribution in [3.05, 3.63) is 90.1 Å². The van der Waals surface area contributed by atoms with E-state index in [1.54, 1.807) is 36.5 Å². The minimum Gasteiger partial charge on any atom is -0.370 e. The topological polar surface area (TPSA) is 356 Å². The number of unbranched alkanes of at least 4 members (excludes halogenated alkanes) is 1. The third-order valence-corrected chi connectivity index (χ3v) is 10.6. The minimum absolute atomic E-state index is 0.00416. The molecule has 0 aliphatic heterocycles. The molecule has 0 bridgehead atoms. The number of para-hydroxylation sites is 1. The van der Waals surface area contributed by atoms with Gasteiger partial charge in [0.05, 0.1) is 12.9 Å². The molecule has 2 heterocycles. The number of carbonyl (C=O) groups excluding carboxylic acids is 8. The van der Waals surface area contributed by atoms with Crippen LogP contribution in [0.2, 0.25) is 0 Å². The molecule has 0 spiro atoms. The fraction of sp³-hybridized carbons (Fsp3) is 0.422. The Morgan fingerprint density at radius 1 is 0.672 bits per heavy atom. The van der Waals surface area contributed by atoms with Crippen LogP contribution in [0.5, 0.6) is 0 Å². The van der Waals surface area contributed by atoms with Crippen molar-refractivity contribution in [2.45, 2.75) is 108 Å². The van der Waals surface area contributed by atoms with Gasteiger partial charge in [0.1, 0.15) is 36.3 Å². The van der Waals surface area contributed by atoms with Gasteiger partial charge in [0, 0.05) is 61.7 Å². The molecule has 22 nitrogen and oxygen atoms in total. The van der Waals surface area contributed by atoms with Crippen molar-refractivity contribution in [2.75, 3.05) is 13.1 Å². The van der Waals surface area contributed by atoms with Crippen LogP contribution in [0, 0.1) is 0 Å². The van der Waals surface area contributed by atoms with Crippen molar-refractivity contribution >= 4 is 64.1 Å². The second-order valence-corrected chi connectivity index (χ2v) is 16.0. The van der Waals surface area contributed by atoms with E-state index in [1.165, 1.54) is 26.4 Å². The maximum Gasteiger partial charge on any atom is 0.243 e. The number of hydrogen-bond donors (Lipinski definition) is 12. The molecule has 2 aromatic carbocycles. The fourth-order valence-electron chi connectivity index (χ4n) is 7.08. The van der Waals surface area contributed by atoms with Gasteiger partial charge in [-0.15, -0.1) is 0 Å². The highest BCUT2D eigenvalue weighted by molar-refractivity contribution is 5.97. The molecule has 0 aliphatic carbocycles. The number of imidazole rings is 1. The number of fused-ring (bicyclic) bond motifs is 1. The standard InChI is InChI=1S/C45H62N14O8/c1-4-5-15-34(55-27(3)60)42(65)54-26(2)40(63)58-37(21-30-23-49-25-53-30)44(67)59-36(19-28-12-7-6-8-13-28)43(66)57-33(17-11-18-50-45(47)48)41(64)52-24-38(61)56-35(39(46)62)20-29-22-51-32-16-10-9-14-31(29)32/h6-10,12-14,16,22-23,25-26,33-37,51H,4-5,11,15,17-21,24H2,1-3H3,(H2,46,62)(H,49,53)(H,52,64)(H,54,65)(H,55,60)(H,56,61)(H,57,66)(H,58,63)(H,59,67)(H4,47,48,50). The van der Waals surface area contributed by atoms with E-state index in [9.17, 15) is 38.4 Å². The van der Waals surface area contributed by atoms with Crippen molar-refractivity contribution in [1.82, 2.24) is 52.2 Å². The molecular weight excluding hydrogens is 865 g/mol. The maximum absolute atomic E-state index is 14.3. The summed E-state index contributed by atoms with van der Waals surface area (Å²) in [7, 11) is 0. The van der Waals surface area contributed by atoms with Crippen LogP contribution >= 0.6 is 0 Å². The smallest absolute Gasteiger partial charge is 0.243 e. The number of aliphatic imine (C=N–C) groups is 1. The summed E-state index contributed by atoms with van der Waals surface area (Å²) in [6.45, 7) is 4.17. The molecule has 4 rings (SSSR count). The Morgan fingerprint density at radius 3 is 1.96 bits per heavy atom. The lowest BCUT2D eigenvalue weighted by Gasteiger charge is -2.26. The first-order valence-electron chi connectivity index (χ1n) is 22.0. The van der Waals surface area contributed by atoms with Gasteiger partial charge in [-0.2, -0.15) is 0 Å². The number of hydrogen-bond acceptors (Lipinski definition) is 10. The quantitative estimate of drug-likeness (QED) is 0.0190. The van der Waals surface area contributed by atoms with Crippen LogP contribution in [0.3, 0.4) is 0 Å². The van der Waals surface area contributed by atoms with E-state index in [-0.39, 0.29) is 44.6 Å². The number of nitrogens with one attached hydrogen (secondary N) is 9. The lowest BCUT2D eigenvalue weighted by molar-refractivity contribution is -0.135. The molecule has 4 aromatic rings. The summed E-state index contributed by atoms with van der Waals surface area (Å²) in [5.74, 6) is -5.72. The van der Waals surface area contributed by atoms with E-state index in [4.69, 9.17) is 17.2 Å². The molecule has 8 amide bonds. The maximum atomic E-state index is 14.3. The van der Waals surface area contributed by atoms with Crippen LogP contribution in [-0.2, 0) is 57.6 Å². The Hall–Kier alpha value is -7.78. The van der Waals surface area contributed by atoms with Crippen molar-refractivity contribution in [3.8, 4) is 0 Å². The number of benzene rings is 2. The predicted octanol–water partition coefficient (Wildman–Crippen LogP) is -1.29. The minimum atomic E-state index is -1.32. The second-order valence-electron chi connectivity index (χ2n) is 16.0. The zero-order valence-electron chi connectivity index (χ0n) is 37.9. The fourth-order valence-corrected chi connectivity index (χ4v) is 7.08. The van der Waals surface area contributed by atoms with Gasteiger partial charge >= 0.3 is 0 Å². The Bertz CT molecular complexity index is 2330. The van der Waals surface area contributed by atoms with Gasteiger partial charge in [-0.1, -0.05) is 68.3 Å². The first kappa shape index (κ1) is 51.9. The van der Waals surface area contributed by atoms with Gasteiger partial charge in [0.2, 0.25) is 47.3 Å². The Kier molecular flexibility index (Phi) is 20.3. The summed E-state index contributed by atoms with van der Waals surface area (Å²) in [6, 6.07) is 9.15. The average Bonchev–Trinajstić information content (AvgIpc) is 3.97. The summed E-state index contributed by atoms with van der Waals surface area (Å²) in [5.41, 5.74) is 19.3. The molecule has 0 radical (unpaired) electrons. The third-order valence-electron chi connectivity index (χ3n) is 10.6. The Morgan fingerprint density at radius 2 is 1.30 bits per heavy atom. The van der Waals surface area contributed by atoms with Crippen LogP contribution in [0.15, 0.2) is 78.3 Å². The van der Waals surface area contributed by atoms with Crippen molar-refractivity contribution < 1.29 is 38.4 Å². The highest BCUT2D eigenvalue weighted by Crippen LogP contribution is 2.19. The molecule has 0 saturated heterocycles. The molecule has 15 N–H and O–H groups in total. The summed E-state index contributed by atoms with van der Waals surface area (Å²) in [5, 5.41) is 19.2. The molecule has 67 heavy (non-hydrogen) atoms. The molecule has 2 aromatic heterocycles. The average molecular weight is 927 g/mol. The van der Waals surface area contributed by atoms with E-state index in [1.807, 2.05) is 31.2 Å². The summed E-state index contributed by atoms with van der Waals surface area (Å²) < 4.78 is 0. The summed E-state index contributed by atoms with van der Waals surface area (Å²) in [4.78, 5) is 120. The van der Waals surface area contributed by atoms with E-state index in [0.29, 0.717) is 24.1 Å². The van der Waals surface area contributed by atoms with Crippen LogP contribution in [0.1, 0.15) is 69.7 Å². The monoisotopic (exact) mass is 926 g/mol. The first-order chi connectivity index (χ1) is 32.0. The number of H-pyrrole nitrogens is 2. The van der Waals surface area contributed by atoms with Gasteiger partial charge in [-0.3, -0.25) is 43.3 Å². The second kappa shape index (κ2) is 26.2. The van der Waals surface area contributed by atoms with Crippen LogP contribution in [-0.4, -0.2) is 118 Å². The van der Waals surface area contributed by atoms with E-state index >= 15 is 0 Å². The van der Waals surface area contributed by atoms with Gasteiger partial charge in [-0.05, 0) is 43.4 Å². The highest BCUT2D eigenvalue weighted by atomic mass is 16.2. The van der Waals surface area contributed by atoms with Gasteiger partial charge in [0.15, 0.2) is 5.96 Å². The van der Waals surface area contributed by atoms with Gasteiger partial charge < -0.3 is 64.4 Å². The largest absolute Gasteiger partial charge is 0.370 e. The number of aromatic nitrogens is 3. The predicted molar refractivity (Wildman–Crippen MR) is 249 cm³/mol. The van der Waals surface area contributed by atoms with E-state index in [2.05, 4.69) is 57.2 Å². The number of nitrogens with zero attached hydrogens (tertiary/aromatic N) is 2. The molecule has 22 heteroatoms. The van der Waals surface area contributed by atoms with Crippen LogP contribution in [0.25, 0.3) is 10.9 Å². The lowest BCUT2D eigenvalue weighted by atomic mass is 10.0. The third kappa shape index (κ3) is 17.3. The van der Waals surface area contributed by atoms with E-state index in [0.717, 1.165) is 22.9 Å². The Balaban J connectivity index is 1.50. The van der Waals surface area contributed by atoms with Gasteiger partial charge in [-0.25, -0.2) is 4.98 Å². The number of guanidine groups is 1. The lowest BCUT2D eigenvalue weighted by Crippen LogP contribution is -2.59. The van der Waals surface area contributed by atoms with Crippen molar-refractivity contribution in [1.29, 1.82) is 0 Å². The van der Waals surface area contributed by atoms with Crippen LogP contribution < -0.4 is 54.4 Å². The molecule has 0 aliphatic rings. The molecule has 0 saturated carbocycles. The SMILES string of the molecule is CCCCC(NC(C)=O)C(=O)NC(C)C(=O)NC(Cc1cnc[nH]1)C(=O)NC(Cc1ccccc1)C(=O)NC(CCCN=C(N)N)C(=O)NCC(=O)NC(Cc1c[nH]c2ccccc12)C(N)=O. The molecule has 360 valence electrons. The zero-order valence-corrected chi connectivity index (χ0v) is 37.9. The van der Waals surface area contributed by atoms with Gasteiger partial charge in [0.25, 0.3) is 0 Å². The number of primary amides is 1. The number of aromatic amines is 2. The van der Waals surface area contributed by atoms with Crippen molar-refractivity contribution in [3.63, 3.8) is 0 Å². The highest BCUT2D eigenvalue weighted by Gasteiger charge is 2.32. The Labute approximate surface area is 387 Å². The summed E-state index contributed by atoms with van der Waals surface area (Å²) >= 11 is 0. The summed E-state index contributed by atoms with van der Waals surface area (Å²) in [6.07, 6.45) is 6.49. The first-order valence-corrected chi connectivity index (χ1v) is 22.0. The number of amides is 8. The normalized spacial score (nSPS) is 13.6. The van der Waals surface area contributed by atoms with E-state index < -0.39 is 90.1 Å². The van der Waals surface area contributed by atoms with Crippen LogP contribution in [0.4, 0.5) is 0 Å². The molecule has 6 unspecified atom stereocenters.